The minimum absolute atomic E-state index is 0.0448. The van der Waals surface area contributed by atoms with Gasteiger partial charge in [-0.3, -0.25) is 9.59 Å². The van der Waals surface area contributed by atoms with Gasteiger partial charge in [-0.2, -0.15) is 0 Å². The Bertz CT molecular complexity index is 1020. The number of amides is 2. The third kappa shape index (κ3) is 5.08. The largest absolute Gasteiger partial charge is 0.395 e. The van der Waals surface area contributed by atoms with Gasteiger partial charge in [-0.1, -0.05) is 17.7 Å². The number of nitrogen functional groups attached to an aromatic ring is 1. The minimum atomic E-state index is -0.257. The summed E-state index contributed by atoms with van der Waals surface area (Å²) in [5.41, 5.74) is 8.26. The highest BCUT2D eigenvalue weighted by Crippen LogP contribution is 2.22. The number of hydrogen-bond acceptors (Lipinski definition) is 5. The molecule has 1 heterocycles. The number of nitrogens with one attached hydrogen (secondary N) is 1. The van der Waals surface area contributed by atoms with Gasteiger partial charge in [0.15, 0.2) is 0 Å². The maximum atomic E-state index is 12.6. The Morgan fingerprint density at radius 2 is 1.86 bits per heavy atom. The van der Waals surface area contributed by atoms with E-state index in [2.05, 4.69) is 10.3 Å². The number of rotatable bonds is 7. The van der Waals surface area contributed by atoms with E-state index >= 15 is 0 Å². The summed E-state index contributed by atoms with van der Waals surface area (Å²) in [6.45, 7) is 1.99. The van der Waals surface area contributed by atoms with Gasteiger partial charge in [0, 0.05) is 42.3 Å². The molecule has 0 saturated carbocycles. The van der Waals surface area contributed by atoms with Crippen LogP contribution in [0.5, 0.6) is 0 Å². The summed E-state index contributed by atoms with van der Waals surface area (Å²) >= 11 is 0. The average molecular weight is 392 g/mol. The number of hydrogen-bond donors (Lipinski definition) is 3. The molecule has 0 atom stereocenters. The standard InChI is InChI=1S/C22H24N4O3/c1-15-2-5-18(6-3-15)26(12-13-27)21(29)9-8-20(28)25-17-4-7-19-16(14-17)10-11-24-22(19)23/h2-7,10-11,14,27H,8-9,12-13H2,1H3,(H2,23,24)(H,25,28). The van der Waals surface area contributed by atoms with Crippen molar-refractivity contribution in [1.82, 2.24) is 4.98 Å². The van der Waals surface area contributed by atoms with Crippen molar-refractivity contribution in [2.45, 2.75) is 19.8 Å². The number of anilines is 3. The van der Waals surface area contributed by atoms with E-state index in [9.17, 15) is 14.7 Å². The number of aliphatic hydroxyl groups excluding tert-OH is 1. The van der Waals surface area contributed by atoms with Crippen LogP contribution in [-0.2, 0) is 9.59 Å². The number of benzene rings is 2. The van der Waals surface area contributed by atoms with E-state index in [0.29, 0.717) is 17.2 Å². The number of aryl methyl sites for hydroxylation is 1. The quantitative estimate of drug-likeness (QED) is 0.573. The second-order valence-corrected chi connectivity index (χ2v) is 6.78. The molecule has 3 rings (SSSR count). The van der Waals surface area contributed by atoms with Gasteiger partial charge in [0.1, 0.15) is 5.82 Å². The Kier molecular flexibility index (Phi) is 6.41. The molecule has 0 aliphatic carbocycles. The van der Waals surface area contributed by atoms with E-state index in [1.807, 2.05) is 43.3 Å². The topological polar surface area (TPSA) is 109 Å². The summed E-state index contributed by atoms with van der Waals surface area (Å²) in [5, 5.41) is 13.8. The molecule has 0 radical (unpaired) electrons. The maximum absolute atomic E-state index is 12.6. The van der Waals surface area contributed by atoms with E-state index in [0.717, 1.165) is 16.3 Å². The van der Waals surface area contributed by atoms with Gasteiger partial charge in [-0.25, -0.2) is 4.98 Å². The lowest BCUT2D eigenvalue weighted by atomic mass is 10.1. The molecular formula is C22H24N4O3. The summed E-state index contributed by atoms with van der Waals surface area (Å²) in [6.07, 6.45) is 1.70. The molecule has 0 unspecified atom stereocenters. The monoisotopic (exact) mass is 392 g/mol. The molecule has 2 amide bonds. The fraction of sp³-hybridized carbons (Fsp3) is 0.227. The van der Waals surface area contributed by atoms with Gasteiger partial charge in [0.25, 0.3) is 0 Å². The molecule has 4 N–H and O–H groups in total. The van der Waals surface area contributed by atoms with Crippen molar-refractivity contribution < 1.29 is 14.7 Å². The Labute approximate surface area is 169 Å². The molecule has 0 spiro atoms. The molecule has 7 nitrogen and oxygen atoms in total. The first-order chi connectivity index (χ1) is 14.0. The molecule has 29 heavy (non-hydrogen) atoms. The van der Waals surface area contributed by atoms with Crippen LogP contribution in [0.1, 0.15) is 18.4 Å². The van der Waals surface area contributed by atoms with Crippen LogP contribution in [0.4, 0.5) is 17.2 Å². The number of carbonyl (C=O) groups is 2. The van der Waals surface area contributed by atoms with Crippen molar-refractivity contribution in [2.75, 3.05) is 29.1 Å². The van der Waals surface area contributed by atoms with Gasteiger partial charge >= 0.3 is 0 Å². The number of aromatic nitrogens is 1. The second-order valence-electron chi connectivity index (χ2n) is 6.78. The third-order valence-corrected chi connectivity index (χ3v) is 4.62. The SMILES string of the molecule is Cc1ccc(N(CCO)C(=O)CCC(=O)Nc2ccc3c(N)nccc3c2)cc1. The molecule has 1 aromatic heterocycles. The summed E-state index contributed by atoms with van der Waals surface area (Å²) in [5.74, 6) is -0.0333. The molecule has 0 aliphatic heterocycles. The zero-order chi connectivity index (χ0) is 20.8. The first kappa shape index (κ1) is 20.3. The van der Waals surface area contributed by atoms with Gasteiger partial charge in [0.05, 0.1) is 6.61 Å². The van der Waals surface area contributed by atoms with Crippen molar-refractivity contribution in [3.8, 4) is 0 Å². The number of fused-ring (bicyclic) bond motifs is 1. The van der Waals surface area contributed by atoms with E-state index in [-0.39, 0.29) is 37.8 Å². The number of nitrogens with zero attached hydrogens (tertiary/aromatic N) is 2. The minimum Gasteiger partial charge on any atom is -0.395 e. The Morgan fingerprint density at radius 1 is 1.10 bits per heavy atom. The predicted octanol–water partition coefficient (Wildman–Crippen LogP) is 2.87. The molecule has 0 saturated heterocycles. The van der Waals surface area contributed by atoms with E-state index in [1.165, 1.54) is 4.90 Å². The second kappa shape index (κ2) is 9.16. The summed E-state index contributed by atoms with van der Waals surface area (Å²) in [7, 11) is 0. The van der Waals surface area contributed by atoms with Gasteiger partial charge in [-0.05, 0) is 48.7 Å². The summed E-state index contributed by atoms with van der Waals surface area (Å²) < 4.78 is 0. The van der Waals surface area contributed by atoms with Crippen LogP contribution < -0.4 is 16.0 Å². The molecule has 150 valence electrons. The van der Waals surface area contributed by atoms with E-state index < -0.39 is 0 Å². The molecule has 7 heteroatoms. The van der Waals surface area contributed by atoms with Crippen molar-refractivity contribution in [3.05, 3.63) is 60.3 Å². The number of pyridine rings is 1. The third-order valence-electron chi connectivity index (χ3n) is 4.62. The first-order valence-electron chi connectivity index (χ1n) is 9.40. The molecular weight excluding hydrogens is 368 g/mol. The van der Waals surface area contributed by atoms with Crippen LogP contribution >= 0.6 is 0 Å². The van der Waals surface area contributed by atoms with Crippen LogP contribution in [-0.4, -0.2) is 35.1 Å². The predicted molar refractivity (Wildman–Crippen MR) is 115 cm³/mol. The lowest BCUT2D eigenvalue weighted by Gasteiger charge is -2.22. The van der Waals surface area contributed by atoms with Crippen LogP contribution in [0.3, 0.4) is 0 Å². The van der Waals surface area contributed by atoms with Crippen molar-refractivity contribution in [3.63, 3.8) is 0 Å². The van der Waals surface area contributed by atoms with Crippen LogP contribution in [0.15, 0.2) is 54.7 Å². The fourth-order valence-electron chi connectivity index (χ4n) is 3.08. The number of aliphatic hydroxyl groups is 1. The van der Waals surface area contributed by atoms with E-state index in [1.54, 1.807) is 18.3 Å². The van der Waals surface area contributed by atoms with Crippen molar-refractivity contribution in [1.29, 1.82) is 0 Å². The highest BCUT2D eigenvalue weighted by atomic mass is 16.3. The van der Waals surface area contributed by atoms with Crippen molar-refractivity contribution in [2.24, 2.45) is 0 Å². The molecule has 0 bridgehead atoms. The summed E-state index contributed by atoms with van der Waals surface area (Å²) in [4.78, 5) is 30.5. The maximum Gasteiger partial charge on any atom is 0.227 e. The lowest BCUT2D eigenvalue weighted by Crippen LogP contribution is -2.34. The zero-order valence-electron chi connectivity index (χ0n) is 16.3. The lowest BCUT2D eigenvalue weighted by molar-refractivity contribution is -0.122. The normalized spacial score (nSPS) is 10.7. The molecule has 0 aliphatic rings. The Balaban J connectivity index is 1.61. The highest BCUT2D eigenvalue weighted by molar-refractivity contribution is 6.00. The molecule has 0 fully saturated rings. The molecule has 2 aromatic carbocycles. The summed E-state index contributed by atoms with van der Waals surface area (Å²) in [6, 6.07) is 14.7. The van der Waals surface area contributed by atoms with Crippen LogP contribution in [0, 0.1) is 6.92 Å². The van der Waals surface area contributed by atoms with Crippen LogP contribution in [0.2, 0.25) is 0 Å². The smallest absolute Gasteiger partial charge is 0.227 e. The number of nitrogens with two attached hydrogens (primary N) is 1. The van der Waals surface area contributed by atoms with Crippen molar-refractivity contribution >= 4 is 39.8 Å². The fourth-order valence-corrected chi connectivity index (χ4v) is 3.08. The first-order valence-corrected chi connectivity index (χ1v) is 9.40. The van der Waals surface area contributed by atoms with E-state index in [4.69, 9.17) is 5.73 Å². The van der Waals surface area contributed by atoms with Gasteiger partial charge in [0.2, 0.25) is 11.8 Å². The average Bonchev–Trinajstić information content (AvgIpc) is 2.71. The van der Waals surface area contributed by atoms with Gasteiger partial charge in [-0.15, -0.1) is 0 Å². The zero-order valence-corrected chi connectivity index (χ0v) is 16.3. The highest BCUT2D eigenvalue weighted by Gasteiger charge is 2.16. The van der Waals surface area contributed by atoms with Gasteiger partial charge < -0.3 is 21.1 Å². The van der Waals surface area contributed by atoms with Crippen LogP contribution in [0.25, 0.3) is 10.8 Å². The Hall–Kier alpha value is -3.45. The number of carbonyl (C=O) groups excluding carboxylic acids is 2. The molecule has 3 aromatic rings. The Morgan fingerprint density at radius 3 is 2.59 bits per heavy atom.